The van der Waals surface area contributed by atoms with Crippen LogP contribution in [0.2, 0.25) is 0 Å². The van der Waals surface area contributed by atoms with E-state index >= 15 is 0 Å². The first-order valence-corrected chi connectivity index (χ1v) is 11.0. The molecular weight excluding hydrogens is 431 g/mol. The van der Waals surface area contributed by atoms with E-state index in [0.29, 0.717) is 0 Å². The molecule has 0 bridgehead atoms. The minimum absolute atomic E-state index is 0. The topological polar surface area (TPSA) is 18.5 Å². The lowest BCUT2D eigenvalue weighted by atomic mass is 10.1. The minimum Gasteiger partial charge on any atom is -0.350 e. The third kappa shape index (κ3) is 5.30. The van der Waals surface area contributed by atoms with Crippen LogP contribution in [0.25, 0.3) is 0 Å². The Morgan fingerprint density at radius 1 is 0.714 bits per heavy atom. The van der Waals surface area contributed by atoms with Crippen molar-refractivity contribution in [3.05, 3.63) is 90.5 Å². The predicted molar refractivity (Wildman–Crippen MR) is 124 cm³/mol. The number of benzene rings is 3. The van der Waals surface area contributed by atoms with Crippen LogP contribution in [0, 0.1) is 0 Å². The van der Waals surface area contributed by atoms with Crippen molar-refractivity contribution in [1.82, 2.24) is 0 Å². The van der Waals surface area contributed by atoms with E-state index in [4.69, 9.17) is 9.47 Å². The van der Waals surface area contributed by atoms with Gasteiger partial charge in [0.1, 0.15) is 0 Å². The van der Waals surface area contributed by atoms with E-state index in [9.17, 15) is 0 Å². The molecule has 0 spiro atoms. The summed E-state index contributed by atoms with van der Waals surface area (Å²) in [6.45, 7) is 1.46. The first kappa shape index (κ1) is 21.2. The van der Waals surface area contributed by atoms with Crippen LogP contribution in [0.5, 0.6) is 0 Å². The van der Waals surface area contributed by atoms with Crippen molar-refractivity contribution in [2.75, 3.05) is 13.2 Å². The number of hydrogen-bond donors (Lipinski definition) is 0. The predicted octanol–water partition coefficient (Wildman–Crippen LogP) is 4.72. The molecule has 3 aromatic carbocycles. The second-order valence-corrected chi connectivity index (χ2v) is 8.88. The zero-order valence-electron chi connectivity index (χ0n) is 15.9. The molecule has 0 aliphatic carbocycles. The number of ether oxygens (including phenoxy) is 2. The maximum absolute atomic E-state index is 5.59. The summed E-state index contributed by atoms with van der Waals surface area (Å²) in [6.07, 6.45) is 3.08. The molecule has 146 valence electrons. The Balaban J connectivity index is 0.00000225. The zero-order chi connectivity index (χ0) is 18.3. The molecule has 4 heteroatoms. The van der Waals surface area contributed by atoms with E-state index in [1.54, 1.807) is 0 Å². The molecule has 0 atom stereocenters. The number of rotatable bonds is 7. The van der Waals surface area contributed by atoms with Gasteiger partial charge in [-0.15, -0.1) is 17.0 Å². The molecule has 1 saturated heterocycles. The first-order valence-electron chi connectivity index (χ1n) is 9.63. The molecule has 0 radical (unpaired) electrons. The fourth-order valence-electron chi connectivity index (χ4n) is 3.55. The van der Waals surface area contributed by atoms with Crippen molar-refractivity contribution in [2.24, 2.45) is 0 Å². The van der Waals surface area contributed by atoms with E-state index in [0.717, 1.165) is 32.5 Å². The molecule has 0 N–H and O–H groups in total. The highest BCUT2D eigenvalue weighted by atomic mass is 79.9. The molecule has 0 aromatic heterocycles. The Bertz CT molecular complexity index is 796. The van der Waals surface area contributed by atoms with Gasteiger partial charge in [-0.2, -0.15) is 0 Å². The molecule has 0 saturated carbocycles. The summed E-state index contributed by atoms with van der Waals surface area (Å²) in [4.78, 5) is 0. The Hall–Kier alpha value is -1.51. The minimum atomic E-state index is -0.556. The fraction of sp³-hybridized carbons (Fsp3) is 0.250. The molecule has 0 unspecified atom stereocenters. The quantitative estimate of drug-likeness (QED) is 0.479. The normalized spacial score (nSPS) is 14.2. The molecule has 0 amide bonds. The average Bonchev–Trinajstić information content (AvgIpc) is 3.25. The van der Waals surface area contributed by atoms with Gasteiger partial charge >= 0.3 is 0 Å². The Morgan fingerprint density at radius 2 is 1.25 bits per heavy atom. The van der Waals surface area contributed by atoms with Crippen molar-refractivity contribution in [3.63, 3.8) is 0 Å². The Kier molecular flexibility index (Phi) is 8.24. The largest absolute Gasteiger partial charge is 0.350 e. The summed E-state index contributed by atoms with van der Waals surface area (Å²) >= 11 is 0. The van der Waals surface area contributed by atoms with Crippen LogP contribution in [0.3, 0.4) is 0 Å². The number of hydrogen-bond acceptors (Lipinski definition) is 2. The van der Waals surface area contributed by atoms with Crippen molar-refractivity contribution >= 4 is 40.8 Å². The van der Waals surface area contributed by atoms with Gasteiger partial charge in [0.25, 0.3) is 0 Å². The third-order valence-corrected chi connectivity index (χ3v) is 7.39. The molecule has 3 aromatic rings. The number of aryl methyl sites for hydroxylation is 1. The van der Waals surface area contributed by atoms with Crippen LogP contribution in [0.4, 0.5) is 0 Å². The summed E-state index contributed by atoms with van der Waals surface area (Å²) in [5.74, 6) is 0. The van der Waals surface area contributed by atoms with Crippen LogP contribution in [0.1, 0.15) is 18.4 Å². The summed E-state index contributed by atoms with van der Waals surface area (Å²) in [5, 5.41) is 4.25. The van der Waals surface area contributed by atoms with Crippen molar-refractivity contribution < 1.29 is 9.47 Å². The highest BCUT2D eigenvalue weighted by molar-refractivity contribution is 8.93. The molecule has 2 nitrogen and oxygen atoms in total. The monoisotopic (exact) mass is 456 g/mol. The van der Waals surface area contributed by atoms with Gasteiger partial charge in [-0.3, -0.25) is 0 Å². The highest BCUT2D eigenvalue weighted by Gasteiger charge is 2.20. The van der Waals surface area contributed by atoms with Gasteiger partial charge < -0.3 is 9.47 Å². The van der Waals surface area contributed by atoms with E-state index < -0.39 is 7.92 Å². The summed E-state index contributed by atoms with van der Waals surface area (Å²) in [7, 11) is -0.556. The van der Waals surface area contributed by atoms with Crippen molar-refractivity contribution in [2.45, 2.75) is 25.6 Å². The van der Waals surface area contributed by atoms with Gasteiger partial charge in [-0.05, 0) is 48.7 Å². The lowest BCUT2D eigenvalue weighted by molar-refractivity contribution is -0.0475. The van der Waals surface area contributed by atoms with Crippen LogP contribution in [-0.4, -0.2) is 19.5 Å². The van der Waals surface area contributed by atoms with Gasteiger partial charge in [-0.1, -0.05) is 84.9 Å². The molecule has 28 heavy (non-hydrogen) atoms. The maximum Gasteiger partial charge on any atom is 0.157 e. The smallest absolute Gasteiger partial charge is 0.157 e. The lowest BCUT2D eigenvalue weighted by Crippen LogP contribution is -2.23. The summed E-state index contributed by atoms with van der Waals surface area (Å²) in [5.41, 5.74) is 1.44. The summed E-state index contributed by atoms with van der Waals surface area (Å²) in [6, 6.07) is 30.7. The van der Waals surface area contributed by atoms with Gasteiger partial charge in [0.05, 0.1) is 13.2 Å². The molecule has 1 aliphatic heterocycles. The second-order valence-electron chi connectivity index (χ2n) is 6.70. The van der Waals surface area contributed by atoms with E-state index in [1.165, 1.54) is 21.5 Å². The van der Waals surface area contributed by atoms with Crippen LogP contribution < -0.4 is 15.9 Å². The van der Waals surface area contributed by atoms with E-state index in [-0.39, 0.29) is 23.3 Å². The van der Waals surface area contributed by atoms with Crippen molar-refractivity contribution in [1.29, 1.82) is 0 Å². The first-order chi connectivity index (χ1) is 13.4. The third-order valence-electron chi connectivity index (χ3n) is 4.84. The molecule has 1 heterocycles. The van der Waals surface area contributed by atoms with Gasteiger partial charge in [0.15, 0.2) is 6.29 Å². The molecule has 1 aliphatic rings. The van der Waals surface area contributed by atoms with E-state index in [2.05, 4.69) is 84.9 Å². The standard InChI is InChI=1S/C24H25O2P.BrH/c1-3-12-21(13-4-1)27(22-14-5-2-6-15-22)23-16-8-7-10-20(23)11-9-17-24-25-18-19-26-24;/h1-8,10,12-16,24H,9,11,17-19H2;1H. The Labute approximate surface area is 179 Å². The SMILES string of the molecule is Br.c1ccc(P(c2ccccc2)c2ccccc2CCCC2OCCO2)cc1. The van der Waals surface area contributed by atoms with Crippen LogP contribution in [0.15, 0.2) is 84.9 Å². The second kappa shape index (κ2) is 10.9. The van der Waals surface area contributed by atoms with Gasteiger partial charge in [0.2, 0.25) is 0 Å². The number of halogens is 1. The molecular formula is C24H26BrO2P. The Morgan fingerprint density at radius 3 is 1.86 bits per heavy atom. The average molecular weight is 457 g/mol. The highest BCUT2D eigenvalue weighted by Crippen LogP contribution is 2.34. The zero-order valence-corrected chi connectivity index (χ0v) is 18.5. The van der Waals surface area contributed by atoms with Crippen LogP contribution in [-0.2, 0) is 15.9 Å². The molecule has 1 fully saturated rings. The van der Waals surface area contributed by atoms with Crippen molar-refractivity contribution in [3.8, 4) is 0 Å². The lowest BCUT2D eigenvalue weighted by Gasteiger charge is -2.22. The van der Waals surface area contributed by atoms with Crippen LogP contribution >= 0.6 is 24.9 Å². The van der Waals surface area contributed by atoms with Gasteiger partial charge in [-0.25, -0.2) is 0 Å². The fourth-order valence-corrected chi connectivity index (χ4v) is 6.06. The molecule has 4 rings (SSSR count). The van der Waals surface area contributed by atoms with Gasteiger partial charge in [0, 0.05) is 0 Å². The maximum atomic E-state index is 5.59. The van der Waals surface area contributed by atoms with E-state index in [1.807, 2.05) is 0 Å². The summed E-state index contributed by atoms with van der Waals surface area (Å²) < 4.78 is 11.2.